The first-order valence-corrected chi connectivity index (χ1v) is 5.00. The Hall–Kier alpha value is -1.24. The second kappa shape index (κ2) is 4.09. The average molecular weight is 270 g/mol. The zero-order valence-corrected chi connectivity index (χ0v) is 9.16. The number of nitrogens with zero attached hydrogens (tertiary/aromatic N) is 3. The van der Waals surface area contributed by atoms with Gasteiger partial charge in [0.1, 0.15) is 5.69 Å². The lowest BCUT2D eigenvalue weighted by Crippen LogP contribution is -2.01. The minimum Gasteiger partial charge on any atom is -0.363 e. The van der Waals surface area contributed by atoms with Crippen molar-refractivity contribution in [1.29, 1.82) is 0 Å². The van der Waals surface area contributed by atoms with E-state index in [4.69, 9.17) is 10.2 Å². The Morgan fingerprint density at radius 3 is 2.40 bits per heavy atom. The van der Waals surface area contributed by atoms with Crippen molar-refractivity contribution in [2.24, 2.45) is 0 Å². The third kappa shape index (κ3) is 2.23. The maximum absolute atomic E-state index is 8.86. The van der Waals surface area contributed by atoms with E-state index in [-0.39, 0.29) is 5.69 Å². The third-order valence-electron chi connectivity index (χ3n) is 1.83. The molecule has 0 unspecified atom stereocenters. The Balaban J connectivity index is 2.33. The number of hydrogen-bond acceptors (Lipinski definition) is 4. The Morgan fingerprint density at radius 1 is 1.20 bits per heavy atom. The van der Waals surface area contributed by atoms with E-state index in [1.54, 1.807) is 0 Å². The monoisotopic (exact) mass is 269 g/mol. The predicted octanol–water partition coefficient (Wildman–Crippen LogP) is 1.01. The first-order valence-electron chi connectivity index (χ1n) is 4.21. The van der Waals surface area contributed by atoms with Crippen LogP contribution in [0.3, 0.4) is 0 Å². The van der Waals surface area contributed by atoms with E-state index in [0.717, 1.165) is 10.2 Å². The molecule has 6 heteroatoms. The Bertz CT molecular complexity index is 453. The summed E-state index contributed by atoms with van der Waals surface area (Å²) in [5, 5.41) is 25.5. The van der Waals surface area contributed by atoms with Gasteiger partial charge in [-0.2, -0.15) is 9.90 Å². The van der Waals surface area contributed by atoms with Crippen LogP contribution in [0.1, 0.15) is 12.0 Å². The van der Waals surface area contributed by atoms with Gasteiger partial charge in [0, 0.05) is 4.47 Å². The molecule has 78 valence electrons. The number of aliphatic hydroxyl groups is 2. The Morgan fingerprint density at radius 2 is 1.87 bits per heavy atom. The second-order valence-electron chi connectivity index (χ2n) is 2.91. The van der Waals surface area contributed by atoms with Crippen molar-refractivity contribution in [2.75, 3.05) is 0 Å². The molecule has 1 aromatic heterocycles. The van der Waals surface area contributed by atoms with E-state index < -0.39 is 6.29 Å². The van der Waals surface area contributed by atoms with E-state index in [0.29, 0.717) is 0 Å². The van der Waals surface area contributed by atoms with Crippen molar-refractivity contribution in [2.45, 2.75) is 6.29 Å². The van der Waals surface area contributed by atoms with Gasteiger partial charge in [-0.25, -0.2) is 0 Å². The van der Waals surface area contributed by atoms with Crippen LogP contribution < -0.4 is 0 Å². The molecule has 0 aliphatic rings. The first-order chi connectivity index (χ1) is 7.16. The summed E-state index contributed by atoms with van der Waals surface area (Å²) in [6.45, 7) is 0. The normalized spacial score (nSPS) is 10.9. The van der Waals surface area contributed by atoms with Gasteiger partial charge in [-0.1, -0.05) is 15.9 Å². The molecule has 0 aliphatic heterocycles. The molecule has 0 radical (unpaired) electrons. The highest BCUT2D eigenvalue weighted by molar-refractivity contribution is 9.10. The molecule has 0 saturated heterocycles. The van der Waals surface area contributed by atoms with Gasteiger partial charge in [0.15, 0.2) is 6.29 Å². The number of aliphatic hydroxyl groups excluding tert-OH is 1. The molecule has 2 aromatic rings. The summed E-state index contributed by atoms with van der Waals surface area (Å²) in [5.74, 6) is 0. The highest BCUT2D eigenvalue weighted by Crippen LogP contribution is 2.13. The van der Waals surface area contributed by atoms with Gasteiger partial charge < -0.3 is 10.2 Å². The van der Waals surface area contributed by atoms with E-state index in [2.05, 4.69) is 26.1 Å². The van der Waals surface area contributed by atoms with E-state index in [1.807, 2.05) is 24.3 Å². The van der Waals surface area contributed by atoms with Crippen LogP contribution in [0.5, 0.6) is 0 Å². The maximum Gasteiger partial charge on any atom is 0.199 e. The van der Waals surface area contributed by atoms with E-state index >= 15 is 0 Å². The largest absolute Gasteiger partial charge is 0.363 e. The maximum atomic E-state index is 8.86. The fourth-order valence-corrected chi connectivity index (χ4v) is 1.36. The van der Waals surface area contributed by atoms with E-state index in [9.17, 15) is 0 Å². The number of hydrogen-bond donors (Lipinski definition) is 2. The summed E-state index contributed by atoms with van der Waals surface area (Å²) in [5.41, 5.74) is 0.878. The highest BCUT2D eigenvalue weighted by Gasteiger charge is 2.08. The molecule has 0 aliphatic carbocycles. The fourth-order valence-electron chi connectivity index (χ4n) is 1.09. The molecule has 1 aromatic carbocycles. The van der Waals surface area contributed by atoms with Gasteiger partial charge in [-0.05, 0) is 24.3 Å². The minimum atomic E-state index is -1.59. The van der Waals surface area contributed by atoms with Gasteiger partial charge in [-0.15, -0.1) is 5.10 Å². The summed E-state index contributed by atoms with van der Waals surface area (Å²) in [7, 11) is 0. The summed E-state index contributed by atoms with van der Waals surface area (Å²) in [6.07, 6.45) is -0.276. The summed E-state index contributed by atoms with van der Waals surface area (Å²) in [6, 6.07) is 7.34. The van der Waals surface area contributed by atoms with Crippen molar-refractivity contribution in [3.05, 3.63) is 40.6 Å². The van der Waals surface area contributed by atoms with Crippen LogP contribution in [0, 0.1) is 0 Å². The van der Waals surface area contributed by atoms with Crippen LogP contribution in [-0.4, -0.2) is 25.2 Å². The predicted molar refractivity (Wildman–Crippen MR) is 56.2 cm³/mol. The molecule has 5 nitrogen and oxygen atoms in total. The van der Waals surface area contributed by atoms with Gasteiger partial charge in [0.25, 0.3) is 0 Å². The molecule has 2 rings (SSSR count). The quantitative estimate of drug-likeness (QED) is 0.799. The lowest BCUT2D eigenvalue weighted by atomic mass is 10.3. The Kier molecular flexibility index (Phi) is 2.81. The number of benzene rings is 1. The molecule has 0 bridgehead atoms. The van der Waals surface area contributed by atoms with Crippen LogP contribution in [0.2, 0.25) is 0 Å². The fraction of sp³-hybridized carbons (Fsp3) is 0.111. The van der Waals surface area contributed by atoms with Gasteiger partial charge >= 0.3 is 0 Å². The van der Waals surface area contributed by atoms with Crippen LogP contribution in [0.4, 0.5) is 0 Å². The summed E-state index contributed by atoms with van der Waals surface area (Å²) < 4.78 is 0.959. The van der Waals surface area contributed by atoms with Crippen LogP contribution in [0.15, 0.2) is 34.9 Å². The summed E-state index contributed by atoms with van der Waals surface area (Å²) >= 11 is 3.32. The molecule has 15 heavy (non-hydrogen) atoms. The lowest BCUT2D eigenvalue weighted by Gasteiger charge is -1.99. The molecular formula is C9H8BrN3O2. The molecule has 1 heterocycles. The Labute approximate surface area is 94.1 Å². The van der Waals surface area contributed by atoms with Crippen LogP contribution >= 0.6 is 15.9 Å². The van der Waals surface area contributed by atoms with Crippen molar-refractivity contribution in [3.8, 4) is 5.69 Å². The van der Waals surface area contributed by atoms with Crippen molar-refractivity contribution in [3.63, 3.8) is 0 Å². The molecule has 0 amide bonds. The third-order valence-corrected chi connectivity index (χ3v) is 2.36. The SMILES string of the molecule is OC(O)c1cnn(-c2ccc(Br)cc2)n1. The average Bonchev–Trinajstić information content (AvgIpc) is 2.68. The van der Waals surface area contributed by atoms with Crippen molar-refractivity contribution in [1.82, 2.24) is 15.0 Å². The van der Waals surface area contributed by atoms with Crippen LogP contribution in [-0.2, 0) is 0 Å². The van der Waals surface area contributed by atoms with Gasteiger partial charge in [0.2, 0.25) is 0 Å². The molecular weight excluding hydrogens is 262 g/mol. The first kappa shape index (κ1) is 10.3. The number of rotatable bonds is 2. The topological polar surface area (TPSA) is 71.2 Å². The standard InChI is InChI=1S/C9H8BrN3O2/c10-6-1-3-7(4-2-6)13-11-5-8(12-13)9(14)15/h1-5,9,14-15H. The lowest BCUT2D eigenvalue weighted by molar-refractivity contribution is -0.0460. The second-order valence-corrected chi connectivity index (χ2v) is 3.82. The molecule has 0 fully saturated rings. The zero-order chi connectivity index (χ0) is 10.8. The summed E-state index contributed by atoms with van der Waals surface area (Å²) in [4.78, 5) is 1.33. The van der Waals surface area contributed by atoms with Crippen molar-refractivity contribution >= 4 is 15.9 Å². The number of halogens is 1. The molecule has 0 spiro atoms. The molecule has 0 atom stereocenters. The highest BCUT2D eigenvalue weighted by atomic mass is 79.9. The van der Waals surface area contributed by atoms with Gasteiger partial charge in [-0.3, -0.25) is 0 Å². The van der Waals surface area contributed by atoms with Crippen molar-refractivity contribution < 1.29 is 10.2 Å². The van der Waals surface area contributed by atoms with E-state index in [1.165, 1.54) is 11.0 Å². The van der Waals surface area contributed by atoms with Crippen LogP contribution in [0.25, 0.3) is 5.69 Å². The number of aromatic nitrogens is 3. The molecule has 0 saturated carbocycles. The molecule has 2 N–H and O–H groups in total. The minimum absolute atomic E-state index is 0.123. The zero-order valence-electron chi connectivity index (χ0n) is 7.58. The van der Waals surface area contributed by atoms with Gasteiger partial charge in [0.05, 0.1) is 11.9 Å². The smallest absolute Gasteiger partial charge is 0.199 e.